The Balaban J connectivity index is -0.000000313. The molecule has 0 bridgehead atoms. The van der Waals surface area contributed by atoms with E-state index in [1.807, 2.05) is 0 Å². The molecular weight excluding hydrogens is 271 g/mol. The molecule has 112 valence electrons. The van der Waals surface area contributed by atoms with Crippen LogP contribution in [0.3, 0.4) is 0 Å². The van der Waals surface area contributed by atoms with Gasteiger partial charge in [-0.3, -0.25) is 4.55 Å². The van der Waals surface area contributed by atoms with Gasteiger partial charge in [0.25, 0.3) is 10.1 Å². The standard InChI is InChI=1S/C12H25.C2H6O3S.Na/c1-3-5-7-9-11-12-10-8-6-4-2;1-2-6(3,4)5;/h1,3-12H2,2H3;2H2,1H3,(H,3,4,5);/q-1;;+1. The van der Waals surface area contributed by atoms with Crippen LogP contribution < -0.4 is 29.6 Å². The van der Waals surface area contributed by atoms with Crippen molar-refractivity contribution in [3.05, 3.63) is 6.92 Å². The minimum Gasteiger partial charge on any atom is -0.343 e. The van der Waals surface area contributed by atoms with E-state index in [1.165, 1.54) is 64.7 Å². The molecule has 0 saturated carbocycles. The second-order valence-electron chi connectivity index (χ2n) is 4.55. The summed E-state index contributed by atoms with van der Waals surface area (Å²) in [5.74, 6) is -0.201. The fourth-order valence-electron chi connectivity index (χ4n) is 1.49. The van der Waals surface area contributed by atoms with Gasteiger partial charge in [0.15, 0.2) is 0 Å². The maximum Gasteiger partial charge on any atom is 1.00 e. The number of hydrogen-bond acceptors (Lipinski definition) is 2. The molecule has 0 aromatic carbocycles. The first-order valence-electron chi connectivity index (χ1n) is 7.22. The van der Waals surface area contributed by atoms with Crippen LogP contribution in [-0.2, 0) is 10.1 Å². The maximum absolute atomic E-state index is 9.56. The summed E-state index contributed by atoms with van der Waals surface area (Å²) >= 11 is 0. The smallest absolute Gasteiger partial charge is 0.343 e. The Morgan fingerprint density at radius 1 is 0.842 bits per heavy atom. The first-order chi connectivity index (χ1) is 8.47. The zero-order chi connectivity index (χ0) is 14.3. The van der Waals surface area contributed by atoms with E-state index in [1.54, 1.807) is 0 Å². The molecule has 0 heterocycles. The number of rotatable bonds is 10. The molecule has 0 aliphatic carbocycles. The summed E-state index contributed by atoms with van der Waals surface area (Å²) in [6.07, 6.45) is 13.9. The van der Waals surface area contributed by atoms with E-state index in [9.17, 15) is 8.42 Å². The van der Waals surface area contributed by atoms with Gasteiger partial charge in [-0.25, -0.2) is 0 Å². The van der Waals surface area contributed by atoms with Gasteiger partial charge in [0.2, 0.25) is 0 Å². The predicted octanol–water partition coefficient (Wildman–Crippen LogP) is 1.64. The van der Waals surface area contributed by atoms with Crippen LogP contribution in [0.25, 0.3) is 0 Å². The quantitative estimate of drug-likeness (QED) is 0.289. The first-order valence-corrected chi connectivity index (χ1v) is 8.83. The SMILES string of the molecule is CCS(=O)(=O)O.[CH2-]CCCCCCCCCCC.[Na+]. The molecule has 0 radical (unpaired) electrons. The molecule has 3 nitrogen and oxygen atoms in total. The summed E-state index contributed by atoms with van der Waals surface area (Å²) in [5, 5.41) is 0. The Morgan fingerprint density at radius 3 is 1.42 bits per heavy atom. The molecule has 0 aromatic rings. The van der Waals surface area contributed by atoms with E-state index in [0.29, 0.717) is 0 Å². The third-order valence-electron chi connectivity index (χ3n) is 2.72. The van der Waals surface area contributed by atoms with Gasteiger partial charge in [0.1, 0.15) is 0 Å². The Morgan fingerprint density at radius 2 is 1.16 bits per heavy atom. The Hall–Kier alpha value is 0.910. The van der Waals surface area contributed by atoms with Crippen molar-refractivity contribution in [2.24, 2.45) is 0 Å². The van der Waals surface area contributed by atoms with Crippen LogP contribution in [0.15, 0.2) is 0 Å². The van der Waals surface area contributed by atoms with Crippen molar-refractivity contribution >= 4 is 10.1 Å². The van der Waals surface area contributed by atoms with Crippen LogP contribution in [-0.4, -0.2) is 18.7 Å². The predicted molar refractivity (Wildman–Crippen MR) is 79.3 cm³/mol. The Labute approximate surface area is 143 Å². The molecule has 0 aliphatic rings. The van der Waals surface area contributed by atoms with Gasteiger partial charge in [0, 0.05) is 0 Å². The molecule has 0 amide bonds. The van der Waals surface area contributed by atoms with Crippen molar-refractivity contribution in [2.75, 3.05) is 5.75 Å². The summed E-state index contributed by atoms with van der Waals surface area (Å²) in [4.78, 5) is 0. The number of hydrogen-bond donors (Lipinski definition) is 1. The fourth-order valence-corrected chi connectivity index (χ4v) is 1.49. The average molecular weight is 302 g/mol. The normalized spacial score (nSPS) is 10.3. The van der Waals surface area contributed by atoms with E-state index >= 15 is 0 Å². The molecule has 0 atom stereocenters. The van der Waals surface area contributed by atoms with E-state index in [4.69, 9.17) is 4.55 Å². The van der Waals surface area contributed by atoms with Gasteiger partial charge >= 0.3 is 29.6 Å². The van der Waals surface area contributed by atoms with Crippen molar-refractivity contribution in [1.82, 2.24) is 0 Å². The topological polar surface area (TPSA) is 54.4 Å². The Kier molecular flexibility index (Phi) is 24.8. The second kappa shape index (κ2) is 18.9. The molecule has 0 aliphatic heterocycles. The van der Waals surface area contributed by atoms with Gasteiger partial charge in [-0.05, 0) is 6.92 Å². The summed E-state index contributed by atoms with van der Waals surface area (Å²) in [5.41, 5.74) is 0. The minimum absolute atomic E-state index is 0. The molecule has 5 heteroatoms. The average Bonchev–Trinajstić information content (AvgIpc) is 2.33. The molecule has 0 spiro atoms. The van der Waals surface area contributed by atoms with Gasteiger partial charge in [0.05, 0.1) is 5.75 Å². The van der Waals surface area contributed by atoms with Crippen molar-refractivity contribution in [2.45, 2.75) is 78.1 Å². The molecule has 0 saturated heterocycles. The number of unbranched alkanes of at least 4 members (excludes halogenated alkanes) is 9. The molecule has 1 N–H and O–H groups in total. The van der Waals surface area contributed by atoms with Crippen LogP contribution >= 0.6 is 0 Å². The van der Waals surface area contributed by atoms with Crippen LogP contribution in [0.5, 0.6) is 0 Å². The van der Waals surface area contributed by atoms with Crippen molar-refractivity contribution < 1.29 is 42.5 Å². The van der Waals surface area contributed by atoms with Gasteiger partial charge in [-0.15, -0.1) is 0 Å². The zero-order valence-corrected chi connectivity index (χ0v) is 16.0. The third kappa shape index (κ3) is 32.4. The largest absolute Gasteiger partial charge is 1.00 e. The Bertz CT molecular complexity index is 231. The monoisotopic (exact) mass is 302 g/mol. The van der Waals surface area contributed by atoms with Crippen molar-refractivity contribution in [3.8, 4) is 0 Å². The molecule has 0 aromatic heterocycles. The maximum atomic E-state index is 9.56. The van der Waals surface area contributed by atoms with E-state index in [0.717, 1.165) is 6.42 Å². The summed E-state index contributed by atoms with van der Waals surface area (Å²) in [7, 11) is -3.66. The van der Waals surface area contributed by atoms with E-state index in [-0.39, 0.29) is 35.3 Å². The van der Waals surface area contributed by atoms with Crippen LogP contribution in [0, 0.1) is 6.92 Å². The van der Waals surface area contributed by atoms with Crippen molar-refractivity contribution in [3.63, 3.8) is 0 Å². The second-order valence-corrected chi connectivity index (χ2v) is 6.29. The molecule has 0 unspecified atom stereocenters. The molecule has 0 rings (SSSR count). The van der Waals surface area contributed by atoms with Crippen LogP contribution in [0.2, 0.25) is 0 Å². The first kappa shape index (κ1) is 24.9. The molecule has 19 heavy (non-hydrogen) atoms. The van der Waals surface area contributed by atoms with Crippen LogP contribution in [0.1, 0.15) is 78.1 Å². The third-order valence-corrected chi connectivity index (χ3v) is 3.45. The summed E-state index contributed by atoms with van der Waals surface area (Å²) in [6.45, 7) is 7.49. The zero-order valence-electron chi connectivity index (χ0n) is 13.2. The minimum atomic E-state index is -3.66. The van der Waals surface area contributed by atoms with Gasteiger partial charge in [-0.2, -0.15) is 14.8 Å². The van der Waals surface area contributed by atoms with E-state index in [2.05, 4.69) is 13.8 Å². The van der Waals surface area contributed by atoms with Crippen LogP contribution in [0.4, 0.5) is 0 Å². The fraction of sp³-hybridized carbons (Fsp3) is 0.929. The summed E-state index contributed by atoms with van der Waals surface area (Å²) < 4.78 is 26.9. The van der Waals surface area contributed by atoms with Gasteiger partial charge < -0.3 is 6.92 Å². The molecular formula is C14H31NaO3S. The van der Waals surface area contributed by atoms with Gasteiger partial charge in [-0.1, -0.05) is 64.7 Å². The molecule has 0 fully saturated rings. The summed E-state index contributed by atoms with van der Waals surface area (Å²) in [6, 6.07) is 0. The van der Waals surface area contributed by atoms with Crippen molar-refractivity contribution in [1.29, 1.82) is 0 Å². The van der Waals surface area contributed by atoms with E-state index < -0.39 is 10.1 Å².